The standard InChI is InChI=1S/C17H27N3O/c1-13(18)16(15-7-3-5-10-19-15)20-11-9-17(21)8-4-2-6-14(17)12-20/h3,5,7,10,13-14,16,21H,2,4,6,8-9,11-12,18H2,1H3. The van der Waals surface area contributed by atoms with E-state index in [0.29, 0.717) is 5.92 Å². The van der Waals surface area contributed by atoms with Crippen molar-refractivity contribution in [3.63, 3.8) is 0 Å². The summed E-state index contributed by atoms with van der Waals surface area (Å²) in [5.41, 5.74) is 6.88. The fourth-order valence-corrected chi connectivity index (χ4v) is 4.19. The number of rotatable bonds is 3. The largest absolute Gasteiger partial charge is 0.390 e. The maximum Gasteiger partial charge on any atom is 0.0700 e. The number of hydrogen-bond acceptors (Lipinski definition) is 4. The number of nitrogens with two attached hydrogens (primary N) is 1. The molecule has 1 aliphatic heterocycles. The van der Waals surface area contributed by atoms with E-state index in [1.54, 1.807) is 0 Å². The van der Waals surface area contributed by atoms with Crippen LogP contribution in [0.2, 0.25) is 0 Å². The van der Waals surface area contributed by atoms with Crippen LogP contribution in [0.25, 0.3) is 0 Å². The molecule has 0 spiro atoms. The third-order valence-corrected chi connectivity index (χ3v) is 5.34. The first-order chi connectivity index (χ1) is 10.1. The van der Waals surface area contributed by atoms with Gasteiger partial charge in [0, 0.05) is 31.2 Å². The molecule has 4 nitrogen and oxygen atoms in total. The number of piperidine rings is 1. The Kier molecular flexibility index (Phi) is 4.29. The van der Waals surface area contributed by atoms with Gasteiger partial charge in [-0.05, 0) is 38.3 Å². The Labute approximate surface area is 127 Å². The highest BCUT2D eigenvalue weighted by molar-refractivity contribution is 5.12. The van der Waals surface area contributed by atoms with Crippen LogP contribution in [0.4, 0.5) is 0 Å². The van der Waals surface area contributed by atoms with Gasteiger partial charge in [-0.3, -0.25) is 9.88 Å². The van der Waals surface area contributed by atoms with Gasteiger partial charge in [-0.15, -0.1) is 0 Å². The first kappa shape index (κ1) is 14.9. The van der Waals surface area contributed by atoms with Crippen molar-refractivity contribution in [2.75, 3.05) is 13.1 Å². The van der Waals surface area contributed by atoms with Gasteiger partial charge in [-0.1, -0.05) is 18.9 Å². The number of aromatic nitrogens is 1. The zero-order valence-electron chi connectivity index (χ0n) is 12.9. The van der Waals surface area contributed by atoms with E-state index in [1.807, 2.05) is 18.3 Å². The highest BCUT2D eigenvalue weighted by atomic mass is 16.3. The predicted octanol–water partition coefficient (Wildman–Crippen LogP) is 2.10. The van der Waals surface area contributed by atoms with Crippen LogP contribution in [-0.4, -0.2) is 39.7 Å². The second-order valence-electron chi connectivity index (χ2n) is 6.85. The molecular weight excluding hydrogens is 262 g/mol. The quantitative estimate of drug-likeness (QED) is 0.894. The average molecular weight is 289 g/mol. The van der Waals surface area contributed by atoms with Crippen LogP contribution in [0.15, 0.2) is 24.4 Å². The summed E-state index contributed by atoms with van der Waals surface area (Å²) in [4.78, 5) is 6.95. The fourth-order valence-electron chi connectivity index (χ4n) is 4.19. The number of aliphatic hydroxyl groups is 1. The Balaban J connectivity index is 1.79. The maximum absolute atomic E-state index is 10.8. The molecule has 0 bridgehead atoms. The minimum atomic E-state index is -0.429. The van der Waals surface area contributed by atoms with Crippen LogP contribution < -0.4 is 5.73 Å². The summed E-state index contributed by atoms with van der Waals surface area (Å²) >= 11 is 0. The second kappa shape index (κ2) is 6.03. The third kappa shape index (κ3) is 2.98. The molecule has 1 saturated heterocycles. The topological polar surface area (TPSA) is 62.4 Å². The second-order valence-corrected chi connectivity index (χ2v) is 6.85. The lowest BCUT2D eigenvalue weighted by Crippen LogP contribution is -2.55. The molecule has 1 aromatic rings. The molecule has 0 amide bonds. The van der Waals surface area contributed by atoms with Gasteiger partial charge in [-0.25, -0.2) is 0 Å². The zero-order chi connectivity index (χ0) is 14.9. The van der Waals surface area contributed by atoms with Crippen molar-refractivity contribution in [3.8, 4) is 0 Å². The minimum Gasteiger partial charge on any atom is -0.390 e. The van der Waals surface area contributed by atoms with Crippen molar-refractivity contribution in [1.82, 2.24) is 9.88 Å². The molecule has 0 aromatic carbocycles. The van der Waals surface area contributed by atoms with Crippen LogP contribution in [0.3, 0.4) is 0 Å². The highest BCUT2D eigenvalue weighted by Crippen LogP contribution is 2.41. The first-order valence-corrected chi connectivity index (χ1v) is 8.23. The molecule has 4 atom stereocenters. The summed E-state index contributed by atoms with van der Waals surface area (Å²) in [5.74, 6) is 0.393. The minimum absolute atomic E-state index is 0.0367. The number of likely N-dealkylation sites (tertiary alicyclic amines) is 1. The van der Waals surface area contributed by atoms with Gasteiger partial charge in [0.1, 0.15) is 0 Å². The van der Waals surface area contributed by atoms with E-state index in [-0.39, 0.29) is 12.1 Å². The molecule has 116 valence electrons. The van der Waals surface area contributed by atoms with Gasteiger partial charge in [-0.2, -0.15) is 0 Å². The molecule has 21 heavy (non-hydrogen) atoms. The number of pyridine rings is 1. The van der Waals surface area contributed by atoms with Crippen LogP contribution in [0.1, 0.15) is 50.8 Å². The van der Waals surface area contributed by atoms with Crippen LogP contribution >= 0.6 is 0 Å². The van der Waals surface area contributed by atoms with Crippen molar-refractivity contribution >= 4 is 0 Å². The number of nitrogens with zero attached hydrogens (tertiary/aromatic N) is 2. The van der Waals surface area contributed by atoms with Gasteiger partial charge in [0.05, 0.1) is 17.3 Å². The molecule has 3 rings (SSSR count). The summed E-state index contributed by atoms with van der Waals surface area (Å²) in [6, 6.07) is 6.22. The highest BCUT2D eigenvalue weighted by Gasteiger charge is 2.44. The van der Waals surface area contributed by atoms with E-state index in [1.165, 1.54) is 12.8 Å². The van der Waals surface area contributed by atoms with E-state index < -0.39 is 5.60 Å². The third-order valence-electron chi connectivity index (χ3n) is 5.34. The molecule has 1 aromatic heterocycles. The Morgan fingerprint density at radius 3 is 2.95 bits per heavy atom. The lowest BCUT2D eigenvalue weighted by Gasteiger charge is -2.49. The summed E-state index contributed by atoms with van der Waals surface area (Å²) in [7, 11) is 0. The van der Waals surface area contributed by atoms with E-state index in [4.69, 9.17) is 5.73 Å². The Morgan fingerprint density at radius 2 is 2.24 bits per heavy atom. The average Bonchev–Trinajstić information content (AvgIpc) is 2.48. The zero-order valence-corrected chi connectivity index (χ0v) is 12.9. The van der Waals surface area contributed by atoms with E-state index in [0.717, 1.165) is 38.0 Å². The van der Waals surface area contributed by atoms with Crippen molar-refractivity contribution in [1.29, 1.82) is 0 Å². The summed E-state index contributed by atoms with van der Waals surface area (Å²) in [6.45, 7) is 3.91. The molecule has 4 heteroatoms. The Morgan fingerprint density at radius 1 is 1.38 bits per heavy atom. The van der Waals surface area contributed by atoms with Gasteiger partial charge in [0.15, 0.2) is 0 Å². The molecule has 2 aliphatic rings. The molecular formula is C17H27N3O. The molecule has 2 heterocycles. The Bertz CT molecular complexity index is 464. The van der Waals surface area contributed by atoms with E-state index in [9.17, 15) is 5.11 Å². The Hall–Kier alpha value is -0.970. The molecule has 1 aliphatic carbocycles. The molecule has 3 N–H and O–H groups in total. The SMILES string of the molecule is CC(N)C(c1ccccn1)N1CCC2(O)CCCCC2C1. The summed E-state index contributed by atoms with van der Waals surface area (Å²) in [6.07, 6.45) is 7.23. The number of fused-ring (bicyclic) bond motifs is 1. The predicted molar refractivity (Wildman–Crippen MR) is 83.7 cm³/mol. The van der Waals surface area contributed by atoms with Crippen molar-refractivity contribution in [2.45, 2.75) is 56.7 Å². The van der Waals surface area contributed by atoms with Crippen LogP contribution in [0, 0.1) is 5.92 Å². The maximum atomic E-state index is 10.8. The molecule has 0 radical (unpaired) electrons. The lowest BCUT2D eigenvalue weighted by molar-refractivity contribution is -0.104. The van der Waals surface area contributed by atoms with Crippen LogP contribution in [-0.2, 0) is 0 Å². The monoisotopic (exact) mass is 289 g/mol. The molecule has 1 saturated carbocycles. The smallest absolute Gasteiger partial charge is 0.0700 e. The van der Waals surface area contributed by atoms with E-state index >= 15 is 0 Å². The normalized spacial score (nSPS) is 33.2. The fraction of sp³-hybridized carbons (Fsp3) is 0.706. The van der Waals surface area contributed by atoms with Gasteiger partial charge >= 0.3 is 0 Å². The number of hydrogen-bond donors (Lipinski definition) is 2. The lowest BCUT2D eigenvalue weighted by atomic mass is 9.71. The molecule has 2 fully saturated rings. The van der Waals surface area contributed by atoms with Gasteiger partial charge in [0.25, 0.3) is 0 Å². The van der Waals surface area contributed by atoms with Gasteiger partial charge in [0.2, 0.25) is 0 Å². The molecule has 4 unspecified atom stereocenters. The van der Waals surface area contributed by atoms with Gasteiger partial charge < -0.3 is 10.8 Å². The summed E-state index contributed by atoms with van der Waals surface area (Å²) < 4.78 is 0. The van der Waals surface area contributed by atoms with Crippen LogP contribution in [0.5, 0.6) is 0 Å². The first-order valence-electron chi connectivity index (χ1n) is 8.23. The summed E-state index contributed by atoms with van der Waals surface area (Å²) in [5, 5.41) is 10.8. The van der Waals surface area contributed by atoms with Crippen molar-refractivity contribution in [2.24, 2.45) is 11.7 Å². The van der Waals surface area contributed by atoms with Crippen molar-refractivity contribution < 1.29 is 5.11 Å². The van der Waals surface area contributed by atoms with Crippen molar-refractivity contribution in [3.05, 3.63) is 30.1 Å². The van der Waals surface area contributed by atoms with E-state index in [2.05, 4.69) is 22.9 Å².